The van der Waals surface area contributed by atoms with Crippen molar-refractivity contribution in [1.29, 1.82) is 0 Å². The van der Waals surface area contributed by atoms with E-state index in [0.29, 0.717) is 0 Å². The standard InChI is InChI=1S/C9H15NO3/c1-6(5-8(11)12)10-9(13)7-3-2-4-7/h6-7H,2-5H2,1H3,(H,10,13)(H,11,12). The molecule has 0 aliphatic heterocycles. The molecular weight excluding hydrogens is 170 g/mol. The van der Waals surface area contributed by atoms with Gasteiger partial charge < -0.3 is 10.4 Å². The van der Waals surface area contributed by atoms with E-state index in [2.05, 4.69) is 5.32 Å². The zero-order chi connectivity index (χ0) is 9.84. The molecule has 1 atom stereocenters. The van der Waals surface area contributed by atoms with Crippen molar-refractivity contribution < 1.29 is 14.7 Å². The molecule has 1 amide bonds. The molecule has 0 aromatic rings. The largest absolute Gasteiger partial charge is 0.481 e. The van der Waals surface area contributed by atoms with Crippen molar-refractivity contribution >= 4 is 11.9 Å². The van der Waals surface area contributed by atoms with Gasteiger partial charge in [-0.25, -0.2) is 0 Å². The normalized spacial score (nSPS) is 18.8. The lowest BCUT2D eigenvalue weighted by Crippen LogP contribution is -2.40. The molecule has 1 aliphatic rings. The van der Waals surface area contributed by atoms with Crippen LogP contribution in [0.2, 0.25) is 0 Å². The predicted molar refractivity (Wildman–Crippen MR) is 47.2 cm³/mol. The van der Waals surface area contributed by atoms with Crippen molar-refractivity contribution in [1.82, 2.24) is 5.32 Å². The lowest BCUT2D eigenvalue weighted by Gasteiger charge is -2.25. The first kappa shape index (κ1) is 10.0. The molecule has 0 bridgehead atoms. The average molecular weight is 185 g/mol. The summed E-state index contributed by atoms with van der Waals surface area (Å²) in [6.45, 7) is 1.71. The van der Waals surface area contributed by atoms with E-state index in [0.717, 1.165) is 19.3 Å². The van der Waals surface area contributed by atoms with E-state index in [1.54, 1.807) is 6.92 Å². The minimum Gasteiger partial charge on any atom is -0.481 e. The van der Waals surface area contributed by atoms with Crippen LogP contribution in [0, 0.1) is 5.92 Å². The zero-order valence-corrected chi connectivity index (χ0v) is 7.75. The summed E-state index contributed by atoms with van der Waals surface area (Å²) in [5.74, 6) is -0.724. The number of carbonyl (C=O) groups excluding carboxylic acids is 1. The Kier molecular flexibility index (Phi) is 3.28. The van der Waals surface area contributed by atoms with E-state index in [1.807, 2.05) is 0 Å². The molecule has 1 unspecified atom stereocenters. The van der Waals surface area contributed by atoms with Crippen LogP contribution in [0.1, 0.15) is 32.6 Å². The number of hydrogen-bond acceptors (Lipinski definition) is 2. The number of carboxylic acid groups (broad SMARTS) is 1. The summed E-state index contributed by atoms with van der Waals surface area (Å²) in [6, 6.07) is -0.259. The smallest absolute Gasteiger partial charge is 0.305 e. The van der Waals surface area contributed by atoms with Gasteiger partial charge in [0, 0.05) is 12.0 Å². The maximum Gasteiger partial charge on any atom is 0.305 e. The first-order valence-electron chi connectivity index (χ1n) is 4.61. The summed E-state index contributed by atoms with van der Waals surface area (Å²) in [5, 5.41) is 11.1. The fourth-order valence-electron chi connectivity index (χ4n) is 1.34. The number of carboxylic acids is 1. The lowest BCUT2D eigenvalue weighted by atomic mass is 9.84. The number of rotatable bonds is 4. The third kappa shape index (κ3) is 3.05. The molecule has 1 rings (SSSR count). The van der Waals surface area contributed by atoms with Crippen molar-refractivity contribution in [2.24, 2.45) is 5.92 Å². The monoisotopic (exact) mass is 185 g/mol. The first-order chi connectivity index (χ1) is 6.09. The van der Waals surface area contributed by atoms with Gasteiger partial charge in [0.15, 0.2) is 0 Å². The van der Waals surface area contributed by atoms with E-state index >= 15 is 0 Å². The minimum atomic E-state index is -0.874. The van der Waals surface area contributed by atoms with Crippen molar-refractivity contribution in [2.45, 2.75) is 38.6 Å². The van der Waals surface area contributed by atoms with Gasteiger partial charge >= 0.3 is 5.97 Å². The van der Waals surface area contributed by atoms with Crippen LogP contribution in [-0.4, -0.2) is 23.0 Å². The van der Waals surface area contributed by atoms with Gasteiger partial charge in [0.05, 0.1) is 6.42 Å². The van der Waals surface area contributed by atoms with E-state index < -0.39 is 5.97 Å². The van der Waals surface area contributed by atoms with Crippen LogP contribution in [-0.2, 0) is 9.59 Å². The molecule has 4 nitrogen and oxygen atoms in total. The Labute approximate surface area is 77.3 Å². The summed E-state index contributed by atoms with van der Waals surface area (Å²) in [7, 11) is 0. The Morgan fingerprint density at radius 3 is 2.54 bits per heavy atom. The second-order valence-corrected chi connectivity index (χ2v) is 3.64. The van der Waals surface area contributed by atoms with Gasteiger partial charge in [0.2, 0.25) is 5.91 Å². The van der Waals surface area contributed by atoms with Crippen LogP contribution in [0.15, 0.2) is 0 Å². The molecule has 0 spiro atoms. The van der Waals surface area contributed by atoms with Crippen LogP contribution >= 0.6 is 0 Å². The number of amides is 1. The van der Waals surface area contributed by atoms with Crippen molar-refractivity contribution in [3.8, 4) is 0 Å². The molecule has 1 aliphatic carbocycles. The fourth-order valence-corrected chi connectivity index (χ4v) is 1.34. The van der Waals surface area contributed by atoms with Gasteiger partial charge in [-0.1, -0.05) is 6.42 Å². The summed E-state index contributed by atoms with van der Waals surface area (Å²) in [4.78, 5) is 21.6. The maximum absolute atomic E-state index is 11.3. The van der Waals surface area contributed by atoms with Crippen LogP contribution in [0.4, 0.5) is 0 Å². The highest BCUT2D eigenvalue weighted by Crippen LogP contribution is 2.26. The summed E-state index contributed by atoms with van der Waals surface area (Å²) < 4.78 is 0. The van der Waals surface area contributed by atoms with Gasteiger partial charge in [-0.05, 0) is 19.8 Å². The maximum atomic E-state index is 11.3. The topological polar surface area (TPSA) is 66.4 Å². The molecule has 0 aromatic heterocycles. The Morgan fingerprint density at radius 1 is 1.54 bits per heavy atom. The highest BCUT2D eigenvalue weighted by atomic mass is 16.4. The Balaban J connectivity index is 2.22. The van der Waals surface area contributed by atoms with Crippen LogP contribution < -0.4 is 5.32 Å². The molecular formula is C9H15NO3. The summed E-state index contributed by atoms with van der Waals surface area (Å²) in [5.41, 5.74) is 0. The van der Waals surface area contributed by atoms with Crippen molar-refractivity contribution in [2.75, 3.05) is 0 Å². The van der Waals surface area contributed by atoms with Crippen molar-refractivity contribution in [3.63, 3.8) is 0 Å². The first-order valence-corrected chi connectivity index (χ1v) is 4.61. The van der Waals surface area contributed by atoms with E-state index in [-0.39, 0.29) is 24.3 Å². The van der Waals surface area contributed by atoms with Gasteiger partial charge in [0.25, 0.3) is 0 Å². The summed E-state index contributed by atoms with van der Waals surface area (Å²) in [6.07, 6.45) is 3.01. The molecule has 74 valence electrons. The van der Waals surface area contributed by atoms with Crippen molar-refractivity contribution in [3.05, 3.63) is 0 Å². The van der Waals surface area contributed by atoms with E-state index in [9.17, 15) is 9.59 Å². The second kappa shape index (κ2) is 4.25. The third-order valence-electron chi connectivity index (χ3n) is 2.35. The van der Waals surface area contributed by atoms with Gasteiger partial charge in [-0.2, -0.15) is 0 Å². The molecule has 0 aromatic carbocycles. The average Bonchev–Trinajstić information content (AvgIpc) is 1.78. The Morgan fingerprint density at radius 2 is 2.15 bits per heavy atom. The molecule has 0 saturated heterocycles. The number of aliphatic carboxylic acids is 1. The zero-order valence-electron chi connectivity index (χ0n) is 7.75. The molecule has 13 heavy (non-hydrogen) atoms. The quantitative estimate of drug-likeness (QED) is 0.679. The van der Waals surface area contributed by atoms with E-state index in [1.165, 1.54) is 0 Å². The predicted octanol–water partition coefficient (Wildman–Crippen LogP) is 0.766. The second-order valence-electron chi connectivity index (χ2n) is 3.64. The highest BCUT2D eigenvalue weighted by molar-refractivity contribution is 5.80. The van der Waals surface area contributed by atoms with Crippen LogP contribution in [0.5, 0.6) is 0 Å². The van der Waals surface area contributed by atoms with E-state index in [4.69, 9.17) is 5.11 Å². The van der Waals surface area contributed by atoms with Gasteiger partial charge in [-0.3, -0.25) is 9.59 Å². The highest BCUT2D eigenvalue weighted by Gasteiger charge is 2.26. The minimum absolute atomic E-state index is 0.00153. The Hall–Kier alpha value is -1.06. The summed E-state index contributed by atoms with van der Waals surface area (Å²) >= 11 is 0. The Bertz CT molecular complexity index is 211. The number of hydrogen-bond donors (Lipinski definition) is 2. The lowest BCUT2D eigenvalue weighted by molar-refractivity contribution is -0.137. The molecule has 0 radical (unpaired) electrons. The SMILES string of the molecule is CC(CC(=O)O)NC(=O)C1CCC1. The molecule has 0 heterocycles. The van der Waals surface area contributed by atoms with Crippen LogP contribution in [0.25, 0.3) is 0 Å². The molecule has 1 saturated carbocycles. The molecule has 2 N–H and O–H groups in total. The van der Waals surface area contributed by atoms with Gasteiger partial charge in [-0.15, -0.1) is 0 Å². The molecule has 4 heteroatoms. The fraction of sp³-hybridized carbons (Fsp3) is 0.778. The number of carbonyl (C=O) groups is 2. The third-order valence-corrected chi connectivity index (χ3v) is 2.35. The van der Waals surface area contributed by atoms with Gasteiger partial charge in [0.1, 0.15) is 0 Å². The molecule has 1 fully saturated rings. The van der Waals surface area contributed by atoms with Crippen LogP contribution in [0.3, 0.4) is 0 Å². The number of nitrogens with one attached hydrogen (secondary N) is 1.